The topological polar surface area (TPSA) is 78.6 Å². The summed E-state index contributed by atoms with van der Waals surface area (Å²) in [7, 11) is 0. The van der Waals surface area contributed by atoms with Gasteiger partial charge in [0.2, 0.25) is 0 Å². The van der Waals surface area contributed by atoms with Crippen molar-refractivity contribution in [2.45, 2.75) is 13.8 Å². The molecular weight excluding hydrogens is 230 g/mol. The largest absolute Gasteiger partial charge is 0.460 e. The van der Waals surface area contributed by atoms with Crippen molar-refractivity contribution in [3.8, 4) is 0 Å². The predicted molar refractivity (Wildman–Crippen MR) is 58.7 cm³/mol. The summed E-state index contributed by atoms with van der Waals surface area (Å²) in [5, 5.41) is 1.77. The summed E-state index contributed by atoms with van der Waals surface area (Å²) in [5.41, 5.74) is -0.943. The fourth-order valence-corrected chi connectivity index (χ4v) is 1.55. The normalized spacial score (nSPS) is 10.9. The summed E-state index contributed by atoms with van der Waals surface area (Å²) >= 11 is 1.28. The Morgan fingerprint density at radius 1 is 1.50 bits per heavy atom. The number of ether oxygens (including phenoxy) is 1. The van der Waals surface area contributed by atoms with E-state index in [4.69, 9.17) is 10.6 Å². The van der Waals surface area contributed by atoms with Gasteiger partial charge in [0.15, 0.2) is 0 Å². The zero-order chi connectivity index (χ0) is 12.2. The molecule has 1 heterocycles. The average molecular weight is 243 g/mol. The number of thiophene rings is 1. The van der Waals surface area contributed by atoms with Crippen LogP contribution in [-0.4, -0.2) is 18.5 Å². The molecule has 0 aromatic carbocycles. The number of hydrogen-bond donors (Lipinski definition) is 1. The maximum absolute atomic E-state index is 11.5. The van der Waals surface area contributed by atoms with Crippen molar-refractivity contribution < 1.29 is 19.2 Å². The summed E-state index contributed by atoms with van der Waals surface area (Å²) in [6, 6.07) is 3.40. The van der Waals surface area contributed by atoms with Crippen molar-refractivity contribution in [3.63, 3.8) is 0 Å². The lowest BCUT2D eigenvalue weighted by Gasteiger charge is -2.19. The lowest BCUT2D eigenvalue weighted by atomic mass is 9.95. The second-order valence-corrected chi connectivity index (χ2v) is 4.79. The number of rotatable bonds is 4. The molecule has 0 saturated carbocycles. The third kappa shape index (κ3) is 3.04. The molecule has 16 heavy (non-hydrogen) atoms. The highest BCUT2D eigenvalue weighted by Gasteiger charge is 2.31. The molecule has 0 aliphatic heterocycles. The smallest absolute Gasteiger partial charge is 0.348 e. The second kappa shape index (κ2) is 5.09. The van der Waals surface area contributed by atoms with Crippen molar-refractivity contribution in [2.75, 3.05) is 6.61 Å². The van der Waals surface area contributed by atoms with Gasteiger partial charge < -0.3 is 9.57 Å². The molecular formula is C10H13NO4S. The van der Waals surface area contributed by atoms with Crippen LogP contribution in [0.1, 0.15) is 23.5 Å². The van der Waals surface area contributed by atoms with E-state index < -0.39 is 17.4 Å². The predicted octanol–water partition coefficient (Wildman–Crippen LogP) is 1.35. The molecule has 2 N–H and O–H groups in total. The first-order chi connectivity index (χ1) is 7.47. The summed E-state index contributed by atoms with van der Waals surface area (Å²) in [4.78, 5) is 27.3. The molecule has 0 fully saturated rings. The first-order valence-corrected chi connectivity index (χ1v) is 5.47. The highest BCUT2D eigenvalue weighted by molar-refractivity contribution is 7.11. The van der Waals surface area contributed by atoms with E-state index in [-0.39, 0.29) is 6.61 Å². The Balaban J connectivity index is 2.52. The zero-order valence-electron chi connectivity index (χ0n) is 9.06. The standard InChI is InChI=1S/C10H13NO4S/c1-10(2,9(13)15-11)6-14-8(12)7-4-3-5-16-7/h3-5H,6,11H2,1-2H3. The van der Waals surface area contributed by atoms with Crippen molar-refractivity contribution in [1.29, 1.82) is 0 Å². The van der Waals surface area contributed by atoms with Crippen LogP contribution < -0.4 is 5.90 Å². The van der Waals surface area contributed by atoms with Gasteiger partial charge in [0.25, 0.3) is 0 Å². The Morgan fingerprint density at radius 3 is 2.69 bits per heavy atom. The van der Waals surface area contributed by atoms with E-state index in [9.17, 15) is 9.59 Å². The number of carbonyl (C=O) groups is 2. The minimum Gasteiger partial charge on any atom is -0.460 e. The van der Waals surface area contributed by atoms with Crippen molar-refractivity contribution in [2.24, 2.45) is 11.3 Å². The van der Waals surface area contributed by atoms with Crippen LogP contribution >= 0.6 is 11.3 Å². The highest BCUT2D eigenvalue weighted by Crippen LogP contribution is 2.18. The molecule has 0 atom stereocenters. The van der Waals surface area contributed by atoms with E-state index in [0.717, 1.165) is 0 Å². The van der Waals surface area contributed by atoms with Crippen molar-refractivity contribution in [3.05, 3.63) is 22.4 Å². The summed E-state index contributed by atoms with van der Waals surface area (Å²) in [5.74, 6) is 3.70. The molecule has 0 unspecified atom stereocenters. The lowest BCUT2D eigenvalue weighted by Crippen LogP contribution is -2.34. The van der Waals surface area contributed by atoms with E-state index in [1.54, 1.807) is 31.4 Å². The maximum atomic E-state index is 11.5. The molecule has 88 valence electrons. The second-order valence-electron chi connectivity index (χ2n) is 3.84. The zero-order valence-corrected chi connectivity index (χ0v) is 9.87. The van der Waals surface area contributed by atoms with Gasteiger partial charge >= 0.3 is 11.9 Å². The van der Waals surface area contributed by atoms with E-state index >= 15 is 0 Å². The van der Waals surface area contributed by atoms with Gasteiger partial charge in [-0.3, -0.25) is 0 Å². The van der Waals surface area contributed by atoms with Gasteiger partial charge in [-0.05, 0) is 25.3 Å². The molecule has 0 saturated heterocycles. The minimum atomic E-state index is -0.943. The number of esters is 1. The SMILES string of the molecule is CC(C)(COC(=O)c1cccs1)C(=O)ON. The molecule has 0 amide bonds. The van der Waals surface area contributed by atoms with Crippen molar-refractivity contribution in [1.82, 2.24) is 0 Å². The third-order valence-corrected chi connectivity index (χ3v) is 2.80. The molecule has 1 aromatic rings. The molecule has 6 heteroatoms. The first-order valence-electron chi connectivity index (χ1n) is 4.59. The Bertz CT molecular complexity index is 372. The molecule has 0 aliphatic carbocycles. The fraction of sp³-hybridized carbons (Fsp3) is 0.400. The number of carbonyl (C=O) groups excluding carboxylic acids is 2. The van der Waals surface area contributed by atoms with Gasteiger partial charge in [-0.2, -0.15) is 5.90 Å². The van der Waals surface area contributed by atoms with Gasteiger partial charge in [-0.15, -0.1) is 11.3 Å². The molecule has 0 aliphatic rings. The number of nitrogens with two attached hydrogens (primary N) is 1. The summed E-state index contributed by atoms with van der Waals surface area (Å²) in [6.45, 7) is 3.10. The molecule has 1 rings (SSSR count). The summed E-state index contributed by atoms with van der Waals surface area (Å²) < 4.78 is 4.99. The van der Waals surface area contributed by atoms with E-state index in [1.807, 2.05) is 0 Å². The lowest BCUT2D eigenvalue weighted by molar-refractivity contribution is -0.156. The van der Waals surface area contributed by atoms with Crippen LogP contribution in [0.4, 0.5) is 0 Å². The molecule has 1 aromatic heterocycles. The van der Waals surface area contributed by atoms with E-state index in [0.29, 0.717) is 4.88 Å². The van der Waals surface area contributed by atoms with Gasteiger partial charge in [0, 0.05) is 0 Å². The molecule has 0 spiro atoms. The van der Waals surface area contributed by atoms with Crippen molar-refractivity contribution >= 4 is 23.3 Å². The molecule has 0 radical (unpaired) electrons. The Kier molecular flexibility index (Phi) is 4.03. The van der Waals surface area contributed by atoms with Crippen LogP contribution in [0.25, 0.3) is 0 Å². The third-order valence-electron chi connectivity index (χ3n) is 1.95. The van der Waals surface area contributed by atoms with Crippen LogP contribution in [-0.2, 0) is 14.4 Å². The first kappa shape index (κ1) is 12.7. The Labute approximate surface area is 97.1 Å². The van der Waals surface area contributed by atoms with Crippen LogP contribution in [0.5, 0.6) is 0 Å². The maximum Gasteiger partial charge on any atom is 0.348 e. The molecule has 0 bridgehead atoms. The van der Waals surface area contributed by atoms with Crippen LogP contribution in [0.3, 0.4) is 0 Å². The van der Waals surface area contributed by atoms with E-state index in [2.05, 4.69) is 4.84 Å². The Hall–Kier alpha value is -1.40. The number of hydrogen-bond acceptors (Lipinski definition) is 6. The average Bonchev–Trinajstić information content (AvgIpc) is 2.78. The van der Waals surface area contributed by atoms with Gasteiger partial charge in [0.1, 0.15) is 11.5 Å². The fourth-order valence-electron chi connectivity index (χ4n) is 0.930. The quantitative estimate of drug-likeness (QED) is 0.638. The molecule has 5 nitrogen and oxygen atoms in total. The van der Waals surface area contributed by atoms with E-state index in [1.165, 1.54) is 11.3 Å². The van der Waals surface area contributed by atoms with Gasteiger partial charge in [0.05, 0.1) is 5.41 Å². The van der Waals surface area contributed by atoms with Crippen LogP contribution in [0, 0.1) is 5.41 Å². The highest BCUT2D eigenvalue weighted by atomic mass is 32.1. The monoisotopic (exact) mass is 243 g/mol. The van der Waals surface area contributed by atoms with Gasteiger partial charge in [-0.25, -0.2) is 9.59 Å². The van der Waals surface area contributed by atoms with Crippen LogP contribution in [0.15, 0.2) is 17.5 Å². The Morgan fingerprint density at radius 2 is 2.19 bits per heavy atom. The summed E-state index contributed by atoms with van der Waals surface area (Å²) in [6.07, 6.45) is 0. The minimum absolute atomic E-state index is 0.0697. The van der Waals surface area contributed by atoms with Gasteiger partial charge in [-0.1, -0.05) is 6.07 Å². The van der Waals surface area contributed by atoms with Crippen LogP contribution in [0.2, 0.25) is 0 Å².